The van der Waals surface area contributed by atoms with Crippen LogP contribution in [-0.2, 0) is 0 Å². The van der Waals surface area contributed by atoms with Gasteiger partial charge in [-0.25, -0.2) is 4.98 Å². The van der Waals surface area contributed by atoms with Gasteiger partial charge in [-0.2, -0.15) is 0 Å². The van der Waals surface area contributed by atoms with Crippen LogP contribution < -0.4 is 15.2 Å². The van der Waals surface area contributed by atoms with Crippen molar-refractivity contribution < 1.29 is 9.47 Å². The standard InChI is InChI=1S/C13H14N2O2/c1-9-8-15-13(7-12(9)14)17-11-5-3-4-10(6-11)16-2/h3-8H,1-2H3,(H2,14,15). The number of anilines is 1. The second-order valence-electron chi connectivity index (χ2n) is 3.66. The van der Waals surface area contributed by atoms with Gasteiger partial charge in [0.1, 0.15) is 11.5 Å². The maximum Gasteiger partial charge on any atom is 0.221 e. The van der Waals surface area contributed by atoms with Gasteiger partial charge >= 0.3 is 0 Å². The van der Waals surface area contributed by atoms with Crippen LogP contribution in [0.5, 0.6) is 17.4 Å². The van der Waals surface area contributed by atoms with Gasteiger partial charge in [0, 0.05) is 24.0 Å². The van der Waals surface area contributed by atoms with Crippen molar-refractivity contribution in [3.63, 3.8) is 0 Å². The van der Waals surface area contributed by atoms with Crippen LogP contribution in [0.25, 0.3) is 0 Å². The first-order valence-corrected chi connectivity index (χ1v) is 5.23. The Kier molecular flexibility index (Phi) is 3.14. The molecule has 1 aromatic carbocycles. The Bertz CT molecular complexity index is 527. The minimum absolute atomic E-state index is 0.473. The van der Waals surface area contributed by atoms with Gasteiger partial charge in [-0.15, -0.1) is 0 Å². The molecule has 1 aromatic heterocycles. The second kappa shape index (κ2) is 4.74. The summed E-state index contributed by atoms with van der Waals surface area (Å²) in [5.74, 6) is 1.88. The fraction of sp³-hybridized carbons (Fsp3) is 0.154. The van der Waals surface area contributed by atoms with Crippen LogP contribution in [0.2, 0.25) is 0 Å². The number of benzene rings is 1. The molecular weight excluding hydrogens is 216 g/mol. The molecule has 4 heteroatoms. The van der Waals surface area contributed by atoms with E-state index in [1.54, 1.807) is 25.4 Å². The third-order valence-corrected chi connectivity index (χ3v) is 2.38. The normalized spacial score (nSPS) is 10.0. The Morgan fingerprint density at radius 1 is 1.18 bits per heavy atom. The zero-order valence-electron chi connectivity index (χ0n) is 9.81. The molecule has 2 rings (SSSR count). The highest BCUT2D eigenvalue weighted by atomic mass is 16.5. The van der Waals surface area contributed by atoms with Crippen LogP contribution in [0.1, 0.15) is 5.56 Å². The number of nitrogens with zero attached hydrogens (tertiary/aromatic N) is 1. The molecule has 0 fully saturated rings. The molecule has 0 radical (unpaired) electrons. The van der Waals surface area contributed by atoms with Crippen molar-refractivity contribution in [3.05, 3.63) is 42.1 Å². The van der Waals surface area contributed by atoms with E-state index in [1.165, 1.54) is 0 Å². The van der Waals surface area contributed by atoms with Crippen LogP contribution in [0.4, 0.5) is 5.69 Å². The molecular formula is C13H14N2O2. The van der Waals surface area contributed by atoms with Gasteiger partial charge in [0.05, 0.1) is 7.11 Å². The summed E-state index contributed by atoms with van der Waals surface area (Å²) in [6.07, 6.45) is 1.69. The molecule has 2 aromatic rings. The van der Waals surface area contributed by atoms with Crippen molar-refractivity contribution in [2.24, 2.45) is 0 Å². The van der Waals surface area contributed by atoms with Crippen molar-refractivity contribution >= 4 is 5.69 Å². The molecule has 1 heterocycles. The highest BCUT2D eigenvalue weighted by Crippen LogP contribution is 2.25. The van der Waals surface area contributed by atoms with Gasteiger partial charge in [0.2, 0.25) is 5.88 Å². The zero-order chi connectivity index (χ0) is 12.3. The van der Waals surface area contributed by atoms with Gasteiger partial charge in [0.25, 0.3) is 0 Å². The molecule has 0 saturated carbocycles. The van der Waals surface area contributed by atoms with Crippen molar-refractivity contribution in [3.8, 4) is 17.4 Å². The topological polar surface area (TPSA) is 57.4 Å². The van der Waals surface area contributed by atoms with E-state index in [9.17, 15) is 0 Å². The Morgan fingerprint density at radius 2 is 1.94 bits per heavy atom. The summed E-state index contributed by atoms with van der Waals surface area (Å²) in [7, 11) is 1.61. The van der Waals surface area contributed by atoms with E-state index in [4.69, 9.17) is 15.2 Å². The van der Waals surface area contributed by atoms with Gasteiger partial charge in [-0.3, -0.25) is 0 Å². The molecule has 0 amide bonds. The maximum atomic E-state index is 5.79. The maximum absolute atomic E-state index is 5.79. The highest BCUT2D eigenvalue weighted by Gasteiger charge is 2.02. The summed E-state index contributed by atoms with van der Waals surface area (Å²) in [6.45, 7) is 1.90. The molecule has 88 valence electrons. The minimum atomic E-state index is 0.473. The Balaban J connectivity index is 2.22. The lowest BCUT2D eigenvalue weighted by Gasteiger charge is -2.07. The SMILES string of the molecule is COc1cccc(Oc2cc(N)c(C)cn2)c1. The number of nitrogens with two attached hydrogens (primary N) is 1. The number of methoxy groups -OCH3 is 1. The number of aromatic nitrogens is 1. The van der Waals surface area contributed by atoms with E-state index in [-0.39, 0.29) is 0 Å². The van der Waals surface area contributed by atoms with Crippen LogP contribution in [0.3, 0.4) is 0 Å². The Labute approximate surface area is 100 Å². The lowest BCUT2D eigenvalue weighted by atomic mass is 10.3. The van der Waals surface area contributed by atoms with Gasteiger partial charge in [-0.05, 0) is 24.6 Å². The summed E-state index contributed by atoms with van der Waals surface area (Å²) in [6, 6.07) is 9.03. The fourth-order valence-corrected chi connectivity index (χ4v) is 1.36. The van der Waals surface area contributed by atoms with Crippen molar-refractivity contribution in [2.45, 2.75) is 6.92 Å². The first-order chi connectivity index (χ1) is 8.19. The molecule has 2 N–H and O–H groups in total. The van der Waals surface area contributed by atoms with Crippen LogP contribution in [-0.4, -0.2) is 12.1 Å². The van der Waals surface area contributed by atoms with E-state index in [2.05, 4.69) is 4.98 Å². The summed E-state index contributed by atoms with van der Waals surface area (Å²) in [5.41, 5.74) is 7.38. The lowest BCUT2D eigenvalue weighted by molar-refractivity contribution is 0.407. The van der Waals surface area contributed by atoms with Gasteiger partial charge in [-0.1, -0.05) is 6.07 Å². The van der Waals surface area contributed by atoms with Crippen LogP contribution in [0, 0.1) is 6.92 Å². The number of hydrogen-bond acceptors (Lipinski definition) is 4. The zero-order valence-corrected chi connectivity index (χ0v) is 9.81. The molecule has 0 spiro atoms. The number of rotatable bonds is 3. The van der Waals surface area contributed by atoms with Crippen LogP contribution >= 0.6 is 0 Å². The molecule has 0 aliphatic heterocycles. The first kappa shape index (κ1) is 11.3. The van der Waals surface area contributed by atoms with Crippen molar-refractivity contribution in [1.29, 1.82) is 0 Å². The Morgan fingerprint density at radius 3 is 2.65 bits per heavy atom. The predicted octanol–water partition coefficient (Wildman–Crippen LogP) is 2.77. The van der Waals surface area contributed by atoms with Gasteiger partial charge in [0.15, 0.2) is 0 Å². The van der Waals surface area contributed by atoms with E-state index >= 15 is 0 Å². The first-order valence-electron chi connectivity index (χ1n) is 5.23. The number of hydrogen-bond donors (Lipinski definition) is 1. The van der Waals surface area contributed by atoms with E-state index in [1.807, 2.05) is 25.1 Å². The van der Waals surface area contributed by atoms with Crippen molar-refractivity contribution in [1.82, 2.24) is 4.98 Å². The van der Waals surface area contributed by atoms with E-state index in [0.29, 0.717) is 17.3 Å². The predicted molar refractivity (Wildman–Crippen MR) is 66.5 cm³/mol. The number of nitrogen functional groups attached to an aromatic ring is 1. The lowest BCUT2D eigenvalue weighted by Crippen LogP contribution is -1.94. The number of ether oxygens (including phenoxy) is 2. The average Bonchev–Trinajstić information content (AvgIpc) is 2.34. The van der Waals surface area contributed by atoms with E-state index in [0.717, 1.165) is 11.3 Å². The molecule has 0 aliphatic rings. The van der Waals surface area contributed by atoms with E-state index < -0.39 is 0 Å². The average molecular weight is 230 g/mol. The summed E-state index contributed by atoms with van der Waals surface area (Å²) < 4.78 is 10.7. The molecule has 17 heavy (non-hydrogen) atoms. The molecule has 0 unspecified atom stereocenters. The fourth-order valence-electron chi connectivity index (χ4n) is 1.36. The quantitative estimate of drug-likeness (QED) is 0.880. The smallest absolute Gasteiger partial charge is 0.221 e. The summed E-state index contributed by atoms with van der Waals surface area (Å²) in [4.78, 5) is 4.15. The van der Waals surface area contributed by atoms with Crippen molar-refractivity contribution in [2.75, 3.05) is 12.8 Å². The molecule has 4 nitrogen and oxygen atoms in total. The van der Waals surface area contributed by atoms with Crippen LogP contribution in [0.15, 0.2) is 36.5 Å². The number of aryl methyl sites for hydroxylation is 1. The Hall–Kier alpha value is -2.23. The molecule has 0 bridgehead atoms. The molecule has 0 aliphatic carbocycles. The largest absolute Gasteiger partial charge is 0.497 e. The number of pyridine rings is 1. The minimum Gasteiger partial charge on any atom is -0.497 e. The van der Waals surface area contributed by atoms with Gasteiger partial charge < -0.3 is 15.2 Å². The second-order valence-corrected chi connectivity index (χ2v) is 3.66. The molecule has 0 saturated heterocycles. The third-order valence-electron chi connectivity index (χ3n) is 2.38. The third kappa shape index (κ3) is 2.66. The molecule has 0 atom stereocenters. The summed E-state index contributed by atoms with van der Waals surface area (Å²) in [5, 5.41) is 0. The summed E-state index contributed by atoms with van der Waals surface area (Å²) >= 11 is 0. The monoisotopic (exact) mass is 230 g/mol. The highest BCUT2D eigenvalue weighted by molar-refractivity contribution is 5.48.